The van der Waals surface area contributed by atoms with E-state index in [1.807, 2.05) is 30.3 Å². The fourth-order valence-corrected chi connectivity index (χ4v) is 5.00. The molecule has 3 heterocycles. The lowest BCUT2D eigenvalue weighted by molar-refractivity contribution is 0.414. The molecule has 2 aromatic heterocycles. The molecule has 5 rings (SSSR count). The van der Waals surface area contributed by atoms with Gasteiger partial charge in [-0.1, -0.05) is 18.2 Å². The summed E-state index contributed by atoms with van der Waals surface area (Å²) in [7, 11) is -1.60. The van der Waals surface area contributed by atoms with Gasteiger partial charge in [0.25, 0.3) is 0 Å². The Morgan fingerprint density at radius 2 is 1.91 bits per heavy atom. The van der Waals surface area contributed by atoms with Gasteiger partial charge in [-0.2, -0.15) is 0 Å². The van der Waals surface area contributed by atoms with Crippen molar-refractivity contribution in [3.8, 4) is 28.5 Å². The number of sulfone groups is 1. The molecule has 0 fully saturated rings. The molecule has 33 heavy (non-hydrogen) atoms. The quantitative estimate of drug-likeness (QED) is 0.435. The maximum atomic E-state index is 11.8. The second-order valence-electron chi connectivity index (χ2n) is 8.23. The Kier molecular flexibility index (Phi) is 5.28. The molecule has 0 spiro atoms. The van der Waals surface area contributed by atoms with Crippen molar-refractivity contribution in [2.75, 3.05) is 13.4 Å². The Bertz CT molecular complexity index is 1420. The topological polar surface area (TPSA) is 100 Å². The van der Waals surface area contributed by atoms with Gasteiger partial charge in [-0.15, -0.1) is 10.2 Å². The molecule has 0 amide bonds. The van der Waals surface area contributed by atoms with Gasteiger partial charge in [0.15, 0.2) is 27.3 Å². The highest BCUT2D eigenvalue weighted by atomic mass is 32.2. The van der Waals surface area contributed by atoms with Crippen LogP contribution in [0, 0.1) is 6.92 Å². The molecule has 1 aliphatic heterocycles. The van der Waals surface area contributed by atoms with Crippen LogP contribution in [-0.2, 0) is 16.4 Å². The van der Waals surface area contributed by atoms with Crippen molar-refractivity contribution in [3.05, 3.63) is 65.9 Å². The van der Waals surface area contributed by atoms with E-state index in [4.69, 9.17) is 9.15 Å². The summed E-state index contributed by atoms with van der Waals surface area (Å²) in [4.78, 5) is 4.49. The van der Waals surface area contributed by atoms with Crippen molar-refractivity contribution >= 4 is 9.84 Å². The zero-order valence-corrected chi connectivity index (χ0v) is 19.5. The van der Waals surface area contributed by atoms with E-state index in [0.717, 1.165) is 47.7 Å². The van der Waals surface area contributed by atoms with Crippen molar-refractivity contribution in [1.29, 1.82) is 0 Å². The molecule has 1 unspecified atom stereocenters. The van der Waals surface area contributed by atoms with Gasteiger partial charge in [-0.3, -0.25) is 0 Å². The summed E-state index contributed by atoms with van der Waals surface area (Å²) in [5.41, 5.74) is 2.76. The fraction of sp³-hybridized carbons (Fsp3) is 0.292. The molecule has 1 aliphatic rings. The van der Waals surface area contributed by atoms with E-state index in [2.05, 4.69) is 19.7 Å². The van der Waals surface area contributed by atoms with Crippen molar-refractivity contribution in [2.24, 2.45) is 0 Å². The summed E-state index contributed by atoms with van der Waals surface area (Å²) in [6.07, 6.45) is 4.81. The van der Waals surface area contributed by atoms with E-state index in [1.165, 1.54) is 6.26 Å². The minimum absolute atomic E-state index is 0.0620. The van der Waals surface area contributed by atoms with Crippen LogP contribution in [0.2, 0.25) is 0 Å². The number of aryl methyl sites for hydroxylation is 1. The Hall–Kier alpha value is -3.46. The second-order valence-corrected chi connectivity index (χ2v) is 10.2. The largest absolute Gasteiger partial charge is 0.496 e. The van der Waals surface area contributed by atoms with Crippen molar-refractivity contribution < 1.29 is 17.6 Å². The first-order valence-corrected chi connectivity index (χ1v) is 12.6. The van der Waals surface area contributed by atoms with Crippen LogP contribution in [0.5, 0.6) is 5.75 Å². The van der Waals surface area contributed by atoms with Crippen LogP contribution in [0.3, 0.4) is 0 Å². The first-order valence-electron chi connectivity index (χ1n) is 10.7. The highest BCUT2D eigenvalue weighted by Crippen LogP contribution is 2.38. The SMILES string of the molecule is COc1cc(-c2nnc3n2CCCC3c2ccc(S(C)(=O)=O)cc2)ccc1-c1cnc(C)o1. The van der Waals surface area contributed by atoms with Gasteiger partial charge in [0.1, 0.15) is 11.6 Å². The number of ether oxygens (including phenoxy) is 1. The maximum Gasteiger partial charge on any atom is 0.191 e. The number of nitrogens with zero attached hydrogens (tertiary/aromatic N) is 4. The third kappa shape index (κ3) is 3.93. The first kappa shape index (κ1) is 21.4. The smallest absolute Gasteiger partial charge is 0.191 e. The maximum absolute atomic E-state index is 11.8. The number of methoxy groups -OCH3 is 1. The molecule has 0 saturated heterocycles. The molecule has 8 nitrogen and oxygen atoms in total. The summed E-state index contributed by atoms with van der Waals surface area (Å²) in [5.74, 6) is 3.64. The zero-order chi connectivity index (χ0) is 23.2. The Labute approximate surface area is 192 Å². The van der Waals surface area contributed by atoms with Gasteiger partial charge in [-0.05, 0) is 42.7 Å². The minimum Gasteiger partial charge on any atom is -0.496 e. The van der Waals surface area contributed by atoms with Crippen molar-refractivity contribution in [3.63, 3.8) is 0 Å². The lowest BCUT2D eigenvalue weighted by Crippen LogP contribution is -2.18. The first-order chi connectivity index (χ1) is 15.8. The molecule has 0 N–H and O–H groups in total. The summed E-state index contributed by atoms with van der Waals surface area (Å²) in [5, 5.41) is 9.04. The third-order valence-corrected chi connectivity index (χ3v) is 7.15. The monoisotopic (exact) mass is 464 g/mol. The molecule has 170 valence electrons. The van der Waals surface area contributed by atoms with E-state index < -0.39 is 9.84 Å². The molecule has 0 radical (unpaired) electrons. The number of hydrogen-bond acceptors (Lipinski definition) is 7. The third-order valence-electron chi connectivity index (χ3n) is 6.02. The molecule has 0 aliphatic carbocycles. The number of aromatic nitrogens is 4. The van der Waals surface area contributed by atoms with Gasteiger partial charge in [0, 0.05) is 31.2 Å². The van der Waals surface area contributed by atoms with Crippen LogP contribution in [0.15, 0.2) is 58.0 Å². The zero-order valence-electron chi connectivity index (χ0n) is 18.6. The fourth-order valence-electron chi connectivity index (χ4n) is 4.37. The van der Waals surface area contributed by atoms with Crippen LogP contribution in [0.4, 0.5) is 0 Å². The van der Waals surface area contributed by atoms with E-state index >= 15 is 0 Å². The van der Waals surface area contributed by atoms with E-state index in [9.17, 15) is 8.42 Å². The predicted octanol–water partition coefficient (Wildman–Crippen LogP) is 4.25. The molecule has 0 bridgehead atoms. The van der Waals surface area contributed by atoms with E-state index in [0.29, 0.717) is 22.3 Å². The van der Waals surface area contributed by atoms with Gasteiger partial charge < -0.3 is 13.7 Å². The highest BCUT2D eigenvalue weighted by Gasteiger charge is 2.28. The number of oxazole rings is 1. The standard InChI is InChI=1S/C24H24N4O4S/c1-15-25-14-22(32-15)20-11-8-17(13-21(20)31-2)23-26-27-24-19(5-4-12-28(23)24)16-6-9-18(10-7-16)33(3,29)30/h6-11,13-14,19H,4-5,12H2,1-3H3. The van der Waals surface area contributed by atoms with E-state index in [1.54, 1.807) is 32.4 Å². The Morgan fingerprint density at radius 1 is 1.12 bits per heavy atom. The molecule has 9 heteroatoms. The highest BCUT2D eigenvalue weighted by molar-refractivity contribution is 7.90. The molecule has 0 saturated carbocycles. The van der Waals surface area contributed by atoms with Crippen LogP contribution in [0.1, 0.15) is 36.0 Å². The summed E-state index contributed by atoms with van der Waals surface area (Å²) in [6.45, 7) is 2.62. The van der Waals surface area contributed by atoms with Crippen molar-refractivity contribution in [1.82, 2.24) is 19.7 Å². The van der Waals surface area contributed by atoms with Crippen LogP contribution in [-0.4, -0.2) is 41.5 Å². The van der Waals surface area contributed by atoms with Crippen LogP contribution >= 0.6 is 0 Å². The predicted molar refractivity (Wildman–Crippen MR) is 123 cm³/mol. The van der Waals surface area contributed by atoms with Gasteiger partial charge in [0.2, 0.25) is 0 Å². The lowest BCUT2D eigenvalue weighted by atomic mass is 9.91. The normalized spacial score (nSPS) is 15.9. The number of hydrogen-bond donors (Lipinski definition) is 0. The van der Waals surface area contributed by atoms with E-state index in [-0.39, 0.29) is 5.92 Å². The minimum atomic E-state index is -3.23. The molecule has 4 aromatic rings. The lowest BCUT2D eigenvalue weighted by Gasteiger charge is -2.24. The molecule has 1 atom stereocenters. The summed E-state index contributed by atoms with van der Waals surface area (Å²) >= 11 is 0. The number of rotatable bonds is 5. The van der Waals surface area contributed by atoms with Gasteiger partial charge in [0.05, 0.1) is 23.8 Å². The molecular weight excluding hydrogens is 440 g/mol. The summed E-state index contributed by atoms with van der Waals surface area (Å²) < 4.78 is 37.0. The Balaban J connectivity index is 1.51. The van der Waals surface area contributed by atoms with Crippen LogP contribution in [0.25, 0.3) is 22.7 Å². The summed E-state index contributed by atoms with van der Waals surface area (Å²) in [6, 6.07) is 12.9. The molecular formula is C24H24N4O4S. The Morgan fingerprint density at radius 3 is 2.58 bits per heavy atom. The second kappa shape index (κ2) is 8.15. The number of benzene rings is 2. The van der Waals surface area contributed by atoms with Gasteiger partial charge >= 0.3 is 0 Å². The average molecular weight is 465 g/mol. The molecule has 2 aromatic carbocycles. The average Bonchev–Trinajstić information content (AvgIpc) is 3.44. The van der Waals surface area contributed by atoms with Gasteiger partial charge in [-0.25, -0.2) is 13.4 Å². The number of fused-ring (bicyclic) bond motifs is 1. The van der Waals surface area contributed by atoms with Crippen molar-refractivity contribution in [2.45, 2.75) is 37.1 Å². The van der Waals surface area contributed by atoms with Crippen LogP contribution < -0.4 is 4.74 Å².